The number of nitrogens with zero attached hydrogens (tertiary/aromatic N) is 2. The number of aromatic nitrogens is 1. The minimum atomic E-state index is -0.166. The van der Waals surface area contributed by atoms with Gasteiger partial charge in [0.2, 0.25) is 11.8 Å². The van der Waals surface area contributed by atoms with Crippen molar-refractivity contribution in [2.75, 3.05) is 19.6 Å². The van der Waals surface area contributed by atoms with E-state index in [0.717, 1.165) is 56.0 Å². The van der Waals surface area contributed by atoms with Gasteiger partial charge in [0.15, 0.2) is 0 Å². The number of rotatable bonds is 4. The number of amides is 2. The van der Waals surface area contributed by atoms with Gasteiger partial charge in [-0.25, -0.2) is 4.98 Å². The zero-order chi connectivity index (χ0) is 26.3. The molecule has 0 bridgehead atoms. The molecule has 3 fully saturated rings. The number of thiazole rings is 1. The minimum Gasteiger partial charge on any atom is -0.348 e. The molecule has 0 radical (unpaired) electrons. The zero-order valence-electron chi connectivity index (χ0n) is 23.0. The van der Waals surface area contributed by atoms with Gasteiger partial charge < -0.3 is 15.5 Å². The molecule has 204 valence electrons. The number of carbonyl (C=O) groups excluding carboxylic acids is 2. The first kappa shape index (κ1) is 26.0. The Morgan fingerprint density at radius 1 is 1.11 bits per heavy atom. The molecule has 1 spiro atoms. The van der Waals surface area contributed by atoms with Gasteiger partial charge in [-0.3, -0.25) is 9.59 Å². The largest absolute Gasteiger partial charge is 0.348 e. The van der Waals surface area contributed by atoms with Gasteiger partial charge in [0, 0.05) is 24.4 Å². The molecule has 1 aromatic heterocycles. The third-order valence-corrected chi connectivity index (χ3v) is 11.3. The van der Waals surface area contributed by atoms with E-state index in [2.05, 4.69) is 52.8 Å². The van der Waals surface area contributed by atoms with Crippen LogP contribution in [0.4, 0.5) is 0 Å². The average molecular weight is 536 g/mol. The Morgan fingerprint density at radius 2 is 1.89 bits per heavy atom. The number of carbonyl (C=O) groups is 2. The molecule has 2 aromatic rings. The summed E-state index contributed by atoms with van der Waals surface area (Å²) in [7, 11) is 0. The quantitative estimate of drug-likeness (QED) is 0.616. The lowest BCUT2D eigenvalue weighted by Crippen LogP contribution is -2.82. The van der Waals surface area contributed by atoms with Crippen molar-refractivity contribution >= 4 is 23.2 Å². The minimum absolute atomic E-state index is 0.00947. The summed E-state index contributed by atoms with van der Waals surface area (Å²) in [6.07, 6.45) is 10.4. The van der Waals surface area contributed by atoms with Crippen molar-refractivity contribution in [1.29, 1.82) is 0 Å². The third kappa shape index (κ3) is 4.70. The van der Waals surface area contributed by atoms with Crippen molar-refractivity contribution in [2.24, 2.45) is 11.8 Å². The van der Waals surface area contributed by atoms with Crippen LogP contribution in [-0.2, 0) is 15.0 Å². The number of quaternary nitrogens is 1. The molecule has 6 rings (SSSR count). The molecular weight excluding hydrogens is 492 g/mol. The Morgan fingerprint density at radius 3 is 2.66 bits per heavy atom. The highest BCUT2D eigenvalue weighted by atomic mass is 32.1. The fourth-order valence-corrected chi connectivity index (χ4v) is 9.54. The Labute approximate surface area is 231 Å². The predicted molar refractivity (Wildman–Crippen MR) is 150 cm³/mol. The number of benzene rings is 1. The summed E-state index contributed by atoms with van der Waals surface area (Å²) in [4.78, 5) is 35.1. The molecule has 1 aromatic carbocycles. The van der Waals surface area contributed by atoms with Gasteiger partial charge in [0.25, 0.3) is 0 Å². The van der Waals surface area contributed by atoms with E-state index in [1.807, 2.05) is 0 Å². The summed E-state index contributed by atoms with van der Waals surface area (Å²) in [5.41, 5.74) is 2.29. The number of nitrogens with two attached hydrogens (primary N) is 1. The molecular formula is C31H43N4O2S+. The number of likely N-dealkylation sites (tertiary alicyclic amines) is 1. The van der Waals surface area contributed by atoms with Crippen molar-refractivity contribution in [3.05, 3.63) is 51.5 Å². The summed E-state index contributed by atoms with van der Waals surface area (Å²) in [5, 5.41) is 6.54. The maximum absolute atomic E-state index is 14.7. The molecule has 2 unspecified atom stereocenters. The Balaban J connectivity index is 1.30. The number of hydrogen-bond acceptors (Lipinski definition) is 4. The van der Waals surface area contributed by atoms with E-state index in [9.17, 15) is 9.59 Å². The Bertz CT molecular complexity index is 1160. The molecule has 4 aliphatic rings. The summed E-state index contributed by atoms with van der Waals surface area (Å²) in [5.74, 6) is 1.52. The lowest BCUT2D eigenvalue weighted by atomic mass is 9.67. The van der Waals surface area contributed by atoms with Gasteiger partial charge in [0.1, 0.15) is 5.92 Å². The lowest BCUT2D eigenvalue weighted by Gasteiger charge is -2.47. The molecule has 2 amide bonds. The smallest absolute Gasteiger partial charge is 0.232 e. The highest BCUT2D eigenvalue weighted by Crippen LogP contribution is 2.50. The average Bonchev–Trinajstić information content (AvgIpc) is 3.55. The van der Waals surface area contributed by atoms with Crippen molar-refractivity contribution in [1.82, 2.24) is 15.2 Å². The van der Waals surface area contributed by atoms with Crippen LogP contribution in [0.5, 0.6) is 0 Å². The number of aryl methyl sites for hydroxylation is 1. The van der Waals surface area contributed by atoms with E-state index in [1.165, 1.54) is 42.5 Å². The van der Waals surface area contributed by atoms with Gasteiger partial charge >= 0.3 is 0 Å². The zero-order valence-corrected chi connectivity index (χ0v) is 23.8. The lowest BCUT2D eigenvalue weighted by molar-refractivity contribution is -0.640. The predicted octanol–water partition coefficient (Wildman–Crippen LogP) is 4.21. The molecule has 2 saturated heterocycles. The van der Waals surface area contributed by atoms with Gasteiger partial charge in [-0.05, 0) is 62.8 Å². The first-order valence-electron chi connectivity index (χ1n) is 14.9. The highest BCUT2D eigenvalue weighted by Gasteiger charge is 2.57. The second-order valence-electron chi connectivity index (χ2n) is 12.3. The Hall–Kier alpha value is -2.25. The van der Waals surface area contributed by atoms with Crippen LogP contribution in [0, 0.1) is 18.8 Å². The fraction of sp³-hybridized carbons (Fsp3) is 0.645. The number of fused-ring (bicyclic) bond motifs is 2. The maximum atomic E-state index is 14.7. The first-order valence-corrected chi connectivity index (χ1v) is 15.7. The summed E-state index contributed by atoms with van der Waals surface area (Å²) < 4.78 is 0. The first-order chi connectivity index (χ1) is 18.5. The molecule has 7 heteroatoms. The normalized spacial score (nSPS) is 31.8. The topological polar surface area (TPSA) is 78.9 Å². The van der Waals surface area contributed by atoms with Crippen LogP contribution >= 0.6 is 11.3 Å². The van der Waals surface area contributed by atoms with Gasteiger partial charge in [0.05, 0.1) is 35.2 Å². The molecule has 38 heavy (non-hydrogen) atoms. The van der Waals surface area contributed by atoms with Crippen molar-refractivity contribution in [2.45, 2.75) is 95.1 Å². The maximum Gasteiger partial charge on any atom is 0.232 e. The van der Waals surface area contributed by atoms with Crippen LogP contribution in [0.3, 0.4) is 0 Å². The van der Waals surface area contributed by atoms with Gasteiger partial charge in [-0.2, -0.15) is 0 Å². The van der Waals surface area contributed by atoms with E-state index < -0.39 is 0 Å². The molecule has 2 aliphatic heterocycles. The number of piperidine rings is 1. The van der Waals surface area contributed by atoms with E-state index >= 15 is 0 Å². The van der Waals surface area contributed by atoms with E-state index in [0.29, 0.717) is 23.8 Å². The monoisotopic (exact) mass is 535 g/mol. The molecule has 5 atom stereocenters. The SMILES string of the molecule is CC(=O)NC1CC[C@]2(C[NH2+]CC2C(=O)N2CC[C@@H](c3ccccc3)C[C@H]2C2CCCCC2)c2sc(C)nc21. The fourth-order valence-electron chi connectivity index (χ4n) is 8.28. The van der Waals surface area contributed by atoms with E-state index in [4.69, 9.17) is 4.98 Å². The molecule has 1 saturated carbocycles. The standard InChI is InChI=1S/C31H42N4O2S/c1-20(36)33-26-13-15-31(29-28(26)34-21(2)38-29)19-32-18-25(31)30(37)35-16-14-24(22-9-5-3-6-10-22)17-27(35)23-11-7-4-8-12-23/h3,5-6,9-10,23-27,32H,4,7-8,11-19H2,1-2H3,(H,33,36)/p+1/t24-,25?,26?,27+,31-/m1/s1. The van der Waals surface area contributed by atoms with Crippen LogP contribution in [-0.4, -0.2) is 47.4 Å². The number of nitrogens with one attached hydrogen (secondary N) is 1. The van der Waals surface area contributed by atoms with Crippen LogP contribution < -0.4 is 10.6 Å². The molecule has 6 nitrogen and oxygen atoms in total. The molecule has 3 N–H and O–H groups in total. The van der Waals surface area contributed by atoms with Crippen LogP contribution in [0.25, 0.3) is 0 Å². The van der Waals surface area contributed by atoms with Crippen LogP contribution in [0.15, 0.2) is 30.3 Å². The van der Waals surface area contributed by atoms with Gasteiger partial charge in [-0.15, -0.1) is 11.3 Å². The second kappa shape index (κ2) is 10.7. The third-order valence-electron chi connectivity index (χ3n) is 10.1. The highest BCUT2D eigenvalue weighted by molar-refractivity contribution is 7.11. The second-order valence-corrected chi connectivity index (χ2v) is 13.5. The molecule has 3 heterocycles. The Kier molecular flexibility index (Phi) is 7.34. The summed E-state index contributed by atoms with van der Waals surface area (Å²) in [6, 6.07) is 11.3. The summed E-state index contributed by atoms with van der Waals surface area (Å²) in [6.45, 7) is 6.32. The number of hydrogen-bond donors (Lipinski definition) is 2. The van der Waals surface area contributed by atoms with Crippen molar-refractivity contribution < 1.29 is 14.9 Å². The van der Waals surface area contributed by atoms with Crippen molar-refractivity contribution in [3.63, 3.8) is 0 Å². The van der Waals surface area contributed by atoms with E-state index in [1.54, 1.807) is 18.3 Å². The van der Waals surface area contributed by atoms with Crippen LogP contribution in [0.2, 0.25) is 0 Å². The van der Waals surface area contributed by atoms with Crippen LogP contribution in [0.1, 0.15) is 97.8 Å². The van der Waals surface area contributed by atoms with E-state index in [-0.39, 0.29) is 23.3 Å². The van der Waals surface area contributed by atoms with Crippen molar-refractivity contribution in [3.8, 4) is 0 Å². The van der Waals surface area contributed by atoms with Gasteiger partial charge in [-0.1, -0.05) is 49.6 Å². The summed E-state index contributed by atoms with van der Waals surface area (Å²) >= 11 is 1.76. The molecule has 2 aliphatic carbocycles.